The quantitative estimate of drug-likeness (QED) is 0.535. The van der Waals surface area contributed by atoms with Crippen LogP contribution in [0.15, 0.2) is 60.8 Å². The van der Waals surface area contributed by atoms with Crippen LogP contribution in [-0.4, -0.2) is 55.6 Å². The zero-order valence-corrected chi connectivity index (χ0v) is 20.6. The van der Waals surface area contributed by atoms with E-state index >= 15 is 0 Å². The number of pyridine rings is 1. The minimum atomic E-state index is -1.25. The average molecular weight is 483 g/mol. The topological polar surface area (TPSA) is 93.5 Å². The van der Waals surface area contributed by atoms with Gasteiger partial charge in [0.25, 0.3) is 5.91 Å². The molecule has 1 amide bonds. The fraction of sp³-hybridized carbons (Fsp3) is 0.321. The Kier molecular flexibility index (Phi) is 6.59. The van der Waals surface area contributed by atoms with E-state index in [2.05, 4.69) is 62.8 Å². The summed E-state index contributed by atoms with van der Waals surface area (Å²) in [5.74, 6) is 0.166. The maximum absolute atomic E-state index is 13.7. The van der Waals surface area contributed by atoms with Gasteiger partial charge in [0.05, 0.1) is 18.2 Å². The molecule has 2 aliphatic heterocycles. The number of nitrogens with one attached hydrogen (secondary N) is 2. The van der Waals surface area contributed by atoms with Gasteiger partial charge in [-0.05, 0) is 62.0 Å². The highest BCUT2D eigenvalue weighted by Gasteiger charge is 2.50. The van der Waals surface area contributed by atoms with Crippen LogP contribution >= 0.6 is 0 Å². The highest BCUT2D eigenvalue weighted by Crippen LogP contribution is 2.44. The summed E-state index contributed by atoms with van der Waals surface area (Å²) in [6.45, 7) is 6.87. The highest BCUT2D eigenvalue weighted by atomic mass is 16.5. The third kappa shape index (κ3) is 4.28. The largest absolute Gasteiger partial charge is 0.478 e. The Morgan fingerprint density at radius 3 is 2.61 bits per heavy atom. The molecule has 1 fully saturated rings. The second-order valence-corrected chi connectivity index (χ2v) is 9.18. The molecule has 1 unspecified atom stereocenters. The molecule has 1 atom stereocenters. The number of likely N-dealkylation sites (N-methyl/N-ethyl adjacent to an activating group) is 1. The molecule has 3 aromatic rings. The number of nitrogens with zero attached hydrogens (tertiary/aromatic N) is 4. The van der Waals surface area contributed by atoms with Gasteiger partial charge >= 0.3 is 0 Å². The number of piperazine rings is 1. The van der Waals surface area contributed by atoms with Gasteiger partial charge in [0.2, 0.25) is 5.88 Å². The van der Waals surface area contributed by atoms with E-state index in [-0.39, 0.29) is 5.91 Å². The minimum Gasteiger partial charge on any atom is -0.478 e. The summed E-state index contributed by atoms with van der Waals surface area (Å²) in [4.78, 5) is 22.8. The first-order valence-corrected chi connectivity index (χ1v) is 12.3. The van der Waals surface area contributed by atoms with E-state index in [1.165, 1.54) is 5.69 Å². The first kappa shape index (κ1) is 23.8. The molecule has 1 aromatic heterocycles. The monoisotopic (exact) mass is 482 g/mol. The lowest BCUT2D eigenvalue weighted by molar-refractivity contribution is -0.120. The van der Waals surface area contributed by atoms with Gasteiger partial charge in [-0.1, -0.05) is 12.1 Å². The number of hydrogen-bond acceptors (Lipinski definition) is 7. The van der Waals surface area contributed by atoms with Crippen molar-refractivity contribution in [3.05, 3.63) is 83.0 Å². The van der Waals surface area contributed by atoms with Crippen molar-refractivity contribution in [2.75, 3.05) is 50.1 Å². The van der Waals surface area contributed by atoms with Gasteiger partial charge < -0.3 is 19.9 Å². The van der Waals surface area contributed by atoms with Crippen molar-refractivity contribution in [2.24, 2.45) is 0 Å². The number of amides is 1. The molecular formula is C28H30N6O2. The van der Waals surface area contributed by atoms with Gasteiger partial charge in [-0.15, -0.1) is 0 Å². The smallest absolute Gasteiger partial charge is 0.254 e. The number of carbonyl (C=O) groups is 1. The maximum atomic E-state index is 13.7. The van der Waals surface area contributed by atoms with E-state index in [1.807, 2.05) is 13.0 Å². The Hall–Kier alpha value is -3.93. The molecule has 2 aromatic carbocycles. The van der Waals surface area contributed by atoms with Gasteiger partial charge in [0.1, 0.15) is 0 Å². The summed E-state index contributed by atoms with van der Waals surface area (Å²) < 4.78 is 5.83. The van der Waals surface area contributed by atoms with E-state index in [1.54, 1.807) is 30.5 Å². The summed E-state index contributed by atoms with van der Waals surface area (Å²) in [7, 11) is 2.15. The molecule has 8 heteroatoms. The van der Waals surface area contributed by atoms with Crippen LogP contribution in [0.4, 0.5) is 11.4 Å². The Balaban J connectivity index is 1.49. The summed E-state index contributed by atoms with van der Waals surface area (Å²) in [5.41, 5.74) is 3.46. The normalized spacial score (nSPS) is 19.5. The molecule has 2 aliphatic rings. The maximum Gasteiger partial charge on any atom is 0.254 e. The number of carbonyl (C=O) groups excluding carboxylic acids is 1. The molecule has 0 aliphatic carbocycles. The van der Waals surface area contributed by atoms with E-state index < -0.39 is 5.54 Å². The zero-order valence-electron chi connectivity index (χ0n) is 20.6. The number of rotatable bonds is 7. The fourth-order valence-electron chi connectivity index (χ4n) is 4.96. The molecule has 3 heterocycles. The predicted molar refractivity (Wildman–Crippen MR) is 139 cm³/mol. The molecule has 8 nitrogen and oxygen atoms in total. The van der Waals surface area contributed by atoms with Crippen LogP contribution in [0.25, 0.3) is 0 Å². The lowest BCUT2D eigenvalue weighted by Gasteiger charge is -2.34. The Morgan fingerprint density at radius 1 is 1.11 bits per heavy atom. The number of fused-ring (bicyclic) bond motifs is 1. The second-order valence-electron chi connectivity index (χ2n) is 9.18. The number of hydrogen-bond donors (Lipinski definition) is 2. The molecule has 184 valence electrons. The molecule has 0 spiro atoms. The molecule has 36 heavy (non-hydrogen) atoms. The summed E-state index contributed by atoms with van der Waals surface area (Å²) in [5, 5.41) is 16.1. The Bertz CT molecular complexity index is 1290. The van der Waals surface area contributed by atoms with Crippen LogP contribution in [0, 0.1) is 11.3 Å². The van der Waals surface area contributed by atoms with Crippen molar-refractivity contribution in [3.8, 4) is 11.9 Å². The first-order valence-electron chi connectivity index (χ1n) is 12.3. The van der Waals surface area contributed by atoms with Gasteiger partial charge in [0, 0.05) is 61.4 Å². The predicted octanol–water partition coefficient (Wildman–Crippen LogP) is 3.09. The third-order valence-electron chi connectivity index (χ3n) is 6.96. The SMILES string of the molecule is CCOc1ncccc1C1(NCc2ccc(N3CCN(C)CC3)cc2)C(=O)Nc2ccc(C#N)cc21. The van der Waals surface area contributed by atoms with Gasteiger partial charge in [0.15, 0.2) is 5.54 Å². The van der Waals surface area contributed by atoms with Crippen LogP contribution < -0.4 is 20.3 Å². The number of benzene rings is 2. The zero-order chi connectivity index (χ0) is 25.1. The summed E-state index contributed by atoms with van der Waals surface area (Å²) in [6, 6.07) is 19.6. The van der Waals surface area contributed by atoms with Crippen molar-refractivity contribution in [3.63, 3.8) is 0 Å². The Labute approximate surface area is 211 Å². The highest BCUT2D eigenvalue weighted by molar-refractivity contribution is 6.08. The number of nitriles is 1. The summed E-state index contributed by atoms with van der Waals surface area (Å²) >= 11 is 0. The molecular weight excluding hydrogens is 452 g/mol. The lowest BCUT2D eigenvalue weighted by atomic mass is 9.83. The minimum absolute atomic E-state index is 0.226. The fourth-order valence-corrected chi connectivity index (χ4v) is 4.96. The molecule has 1 saturated heterocycles. The van der Waals surface area contributed by atoms with E-state index in [9.17, 15) is 10.1 Å². The van der Waals surface area contributed by atoms with Gasteiger partial charge in [-0.25, -0.2) is 4.98 Å². The van der Waals surface area contributed by atoms with Crippen molar-refractivity contribution < 1.29 is 9.53 Å². The van der Waals surface area contributed by atoms with Crippen molar-refractivity contribution >= 4 is 17.3 Å². The van der Waals surface area contributed by atoms with Gasteiger partial charge in [-0.3, -0.25) is 10.1 Å². The third-order valence-corrected chi connectivity index (χ3v) is 6.96. The molecule has 0 saturated carbocycles. The van der Waals surface area contributed by atoms with E-state index in [4.69, 9.17) is 4.74 Å². The second kappa shape index (κ2) is 9.97. The first-order chi connectivity index (χ1) is 17.5. The van der Waals surface area contributed by atoms with Crippen molar-refractivity contribution in [2.45, 2.75) is 19.0 Å². The van der Waals surface area contributed by atoms with Crippen LogP contribution in [0.5, 0.6) is 5.88 Å². The summed E-state index contributed by atoms with van der Waals surface area (Å²) in [6.07, 6.45) is 1.65. The van der Waals surface area contributed by atoms with E-state index in [0.717, 1.165) is 31.7 Å². The van der Waals surface area contributed by atoms with Crippen LogP contribution in [-0.2, 0) is 16.9 Å². The molecule has 5 rings (SSSR count). The van der Waals surface area contributed by atoms with Crippen LogP contribution in [0.2, 0.25) is 0 Å². The number of aromatic nitrogens is 1. The van der Waals surface area contributed by atoms with Crippen molar-refractivity contribution in [1.82, 2.24) is 15.2 Å². The standard InChI is InChI=1S/C28H30N6O2/c1-3-36-26-23(5-4-12-30-26)28(24-17-21(18-29)8-11-25(24)32-27(28)35)31-19-20-6-9-22(10-7-20)34-15-13-33(2)14-16-34/h4-12,17,31H,3,13-16,19H2,1-2H3,(H,32,35). The molecule has 0 radical (unpaired) electrons. The molecule has 2 N–H and O–H groups in total. The van der Waals surface area contributed by atoms with Crippen molar-refractivity contribution in [1.29, 1.82) is 5.26 Å². The van der Waals surface area contributed by atoms with E-state index in [0.29, 0.717) is 41.4 Å². The number of ether oxygens (including phenoxy) is 1. The Morgan fingerprint density at radius 2 is 1.89 bits per heavy atom. The van der Waals surface area contributed by atoms with Gasteiger partial charge in [-0.2, -0.15) is 5.26 Å². The van der Waals surface area contributed by atoms with Crippen LogP contribution in [0.3, 0.4) is 0 Å². The average Bonchev–Trinajstić information content (AvgIpc) is 3.19. The molecule has 0 bridgehead atoms. The number of anilines is 2. The van der Waals surface area contributed by atoms with Crippen LogP contribution in [0.1, 0.15) is 29.2 Å². The lowest BCUT2D eigenvalue weighted by Crippen LogP contribution is -2.49.